The molecular weight excluding hydrogens is 352 g/mol. The van der Waals surface area contributed by atoms with Gasteiger partial charge in [0.15, 0.2) is 6.54 Å². The number of carbonyl (C=O) groups is 1. The van der Waals surface area contributed by atoms with Crippen LogP contribution >= 0.6 is 11.3 Å². The number of aryl methyl sites for hydroxylation is 3. The Bertz CT molecular complexity index is 865. The van der Waals surface area contributed by atoms with E-state index >= 15 is 0 Å². The Morgan fingerprint density at radius 1 is 1.04 bits per heavy atom. The third-order valence-corrected chi connectivity index (χ3v) is 5.84. The second-order valence-corrected chi connectivity index (χ2v) is 7.82. The number of amides is 1. The molecule has 0 aliphatic heterocycles. The number of hydrogen-bond acceptors (Lipinski definition) is 2. The number of anilines is 1. The van der Waals surface area contributed by atoms with E-state index in [1.165, 1.54) is 16.0 Å². The van der Waals surface area contributed by atoms with Crippen LogP contribution < -0.4 is 10.6 Å². The van der Waals surface area contributed by atoms with E-state index < -0.39 is 0 Å². The summed E-state index contributed by atoms with van der Waals surface area (Å²) in [6, 6.07) is 19.1. The maximum Gasteiger partial charge on any atom is 0.279 e. The molecule has 3 N–H and O–H groups in total. The molecule has 0 unspecified atom stereocenters. The van der Waals surface area contributed by atoms with Crippen molar-refractivity contribution in [1.29, 1.82) is 0 Å². The summed E-state index contributed by atoms with van der Waals surface area (Å²) in [5.74, 6) is 0.0270. The van der Waals surface area contributed by atoms with Gasteiger partial charge in [-0.1, -0.05) is 55.5 Å². The molecule has 4 heteroatoms. The Hall–Kier alpha value is -2.43. The van der Waals surface area contributed by atoms with Crippen molar-refractivity contribution in [1.82, 2.24) is 0 Å². The Morgan fingerprint density at radius 3 is 2.33 bits per heavy atom. The van der Waals surface area contributed by atoms with Gasteiger partial charge in [0.1, 0.15) is 6.04 Å². The summed E-state index contributed by atoms with van der Waals surface area (Å²) in [5.41, 5.74) is 5.67. The van der Waals surface area contributed by atoms with Crippen LogP contribution in [0.4, 0.5) is 5.69 Å². The molecule has 0 fully saturated rings. The van der Waals surface area contributed by atoms with Gasteiger partial charge in [-0.3, -0.25) is 4.79 Å². The largest absolute Gasteiger partial charge is 0.328 e. The van der Waals surface area contributed by atoms with Crippen molar-refractivity contribution in [3.63, 3.8) is 0 Å². The van der Waals surface area contributed by atoms with Crippen LogP contribution in [0.1, 0.15) is 40.1 Å². The van der Waals surface area contributed by atoms with E-state index in [2.05, 4.69) is 59.3 Å². The summed E-state index contributed by atoms with van der Waals surface area (Å²) in [6.07, 6.45) is 1.03. The Kier molecular flexibility index (Phi) is 6.43. The first-order chi connectivity index (χ1) is 13.1. The first-order valence-corrected chi connectivity index (χ1v) is 10.3. The van der Waals surface area contributed by atoms with Crippen LogP contribution in [0.3, 0.4) is 0 Å². The molecule has 3 aromatic rings. The average Bonchev–Trinajstić information content (AvgIpc) is 3.20. The van der Waals surface area contributed by atoms with Crippen LogP contribution in [0.2, 0.25) is 0 Å². The molecule has 1 atom stereocenters. The molecule has 0 aliphatic carbocycles. The summed E-state index contributed by atoms with van der Waals surface area (Å²) < 4.78 is 0. The zero-order chi connectivity index (χ0) is 19.2. The van der Waals surface area contributed by atoms with Gasteiger partial charge in [0.05, 0.1) is 4.88 Å². The van der Waals surface area contributed by atoms with E-state index in [1.807, 2.05) is 32.0 Å². The van der Waals surface area contributed by atoms with Crippen LogP contribution in [0, 0.1) is 13.8 Å². The number of benzene rings is 2. The van der Waals surface area contributed by atoms with Gasteiger partial charge in [0.2, 0.25) is 0 Å². The topological polar surface area (TPSA) is 45.7 Å². The highest BCUT2D eigenvalue weighted by molar-refractivity contribution is 7.10. The van der Waals surface area contributed by atoms with E-state index in [0.717, 1.165) is 23.2 Å². The minimum atomic E-state index is 0.0270. The molecular formula is C23H27N2OS+. The van der Waals surface area contributed by atoms with E-state index in [1.54, 1.807) is 11.3 Å². The number of para-hydroxylation sites is 1. The molecule has 1 amide bonds. The maximum atomic E-state index is 12.6. The van der Waals surface area contributed by atoms with Crippen molar-refractivity contribution in [3.05, 3.63) is 87.1 Å². The SMILES string of the molecule is CCc1ccc([C@H]([NH2+]CC(=O)Nc2c(C)cccc2C)c2cccs2)cc1. The van der Waals surface area contributed by atoms with E-state index in [0.29, 0.717) is 6.54 Å². The lowest BCUT2D eigenvalue weighted by atomic mass is 10.0. The number of hydrogen-bond donors (Lipinski definition) is 2. The number of carbonyl (C=O) groups excluding carboxylic acids is 1. The number of thiophene rings is 1. The first kappa shape index (κ1) is 19.3. The van der Waals surface area contributed by atoms with Gasteiger partial charge in [-0.05, 0) is 48.4 Å². The summed E-state index contributed by atoms with van der Waals surface area (Å²) in [5, 5.41) is 7.29. The molecule has 2 aromatic carbocycles. The van der Waals surface area contributed by atoms with E-state index in [-0.39, 0.29) is 11.9 Å². The highest BCUT2D eigenvalue weighted by atomic mass is 32.1. The molecule has 0 aliphatic rings. The molecule has 1 heterocycles. The van der Waals surface area contributed by atoms with Gasteiger partial charge < -0.3 is 10.6 Å². The summed E-state index contributed by atoms with van der Waals surface area (Å²) in [4.78, 5) is 13.8. The van der Waals surface area contributed by atoms with Crippen molar-refractivity contribution < 1.29 is 10.1 Å². The van der Waals surface area contributed by atoms with Gasteiger partial charge in [-0.25, -0.2) is 0 Å². The monoisotopic (exact) mass is 379 g/mol. The molecule has 27 heavy (non-hydrogen) atoms. The predicted molar refractivity (Wildman–Crippen MR) is 113 cm³/mol. The van der Waals surface area contributed by atoms with Crippen LogP contribution in [0.5, 0.6) is 0 Å². The highest BCUT2D eigenvalue weighted by Crippen LogP contribution is 2.23. The van der Waals surface area contributed by atoms with E-state index in [4.69, 9.17) is 0 Å². The number of nitrogens with two attached hydrogens (primary N) is 1. The smallest absolute Gasteiger partial charge is 0.279 e. The summed E-state index contributed by atoms with van der Waals surface area (Å²) in [6.45, 7) is 6.59. The predicted octanol–water partition coefficient (Wildman–Crippen LogP) is 4.22. The van der Waals surface area contributed by atoms with Crippen molar-refractivity contribution in [2.24, 2.45) is 0 Å². The quantitative estimate of drug-likeness (QED) is 0.634. The number of nitrogens with one attached hydrogen (secondary N) is 1. The third-order valence-electron chi connectivity index (χ3n) is 4.88. The van der Waals surface area contributed by atoms with Crippen molar-refractivity contribution >= 4 is 22.9 Å². The highest BCUT2D eigenvalue weighted by Gasteiger charge is 2.20. The van der Waals surface area contributed by atoms with E-state index in [9.17, 15) is 4.79 Å². The lowest BCUT2D eigenvalue weighted by molar-refractivity contribution is -0.675. The maximum absolute atomic E-state index is 12.6. The summed E-state index contributed by atoms with van der Waals surface area (Å²) >= 11 is 1.73. The fraction of sp³-hybridized carbons (Fsp3) is 0.261. The minimum Gasteiger partial charge on any atom is -0.328 e. The standard InChI is InChI=1S/C23H26N2OS/c1-4-18-10-12-19(13-11-18)23(20-9-6-14-27-20)24-15-21(26)25-22-16(2)7-5-8-17(22)3/h5-14,23-24H,4,15H2,1-3H3,(H,25,26)/p+1/t23-/m0/s1. The molecule has 0 bridgehead atoms. The van der Waals surface area contributed by atoms with Crippen LogP contribution in [0.15, 0.2) is 60.0 Å². The van der Waals surface area contributed by atoms with Gasteiger partial charge in [0.25, 0.3) is 5.91 Å². The normalized spacial score (nSPS) is 12.0. The molecule has 0 spiro atoms. The molecule has 0 saturated heterocycles. The summed E-state index contributed by atoms with van der Waals surface area (Å²) in [7, 11) is 0. The minimum absolute atomic E-state index is 0.0270. The zero-order valence-corrected chi connectivity index (χ0v) is 17.0. The first-order valence-electron chi connectivity index (χ1n) is 9.40. The molecule has 3 rings (SSSR count). The Morgan fingerprint density at radius 2 is 1.74 bits per heavy atom. The van der Waals surface area contributed by atoms with Crippen molar-refractivity contribution in [2.45, 2.75) is 33.2 Å². The van der Waals surface area contributed by atoms with Crippen LogP contribution in [-0.4, -0.2) is 12.5 Å². The van der Waals surface area contributed by atoms with Gasteiger partial charge >= 0.3 is 0 Å². The lowest BCUT2D eigenvalue weighted by Gasteiger charge is -2.16. The molecule has 140 valence electrons. The van der Waals surface area contributed by atoms with Crippen LogP contribution in [-0.2, 0) is 11.2 Å². The Labute approximate surface area is 165 Å². The second kappa shape index (κ2) is 8.98. The Balaban J connectivity index is 1.72. The molecule has 3 nitrogen and oxygen atoms in total. The van der Waals surface area contributed by atoms with Gasteiger partial charge in [-0.15, -0.1) is 11.3 Å². The average molecular weight is 380 g/mol. The van der Waals surface area contributed by atoms with Crippen LogP contribution in [0.25, 0.3) is 0 Å². The fourth-order valence-corrected chi connectivity index (χ4v) is 4.12. The van der Waals surface area contributed by atoms with Gasteiger partial charge in [0, 0.05) is 11.3 Å². The number of quaternary nitrogens is 1. The molecule has 0 radical (unpaired) electrons. The lowest BCUT2D eigenvalue weighted by Crippen LogP contribution is -2.87. The second-order valence-electron chi connectivity index (χ2n) is 6.84. The zero-order valence-electron chi connectivity index (χ0n) is 16.2. The van der Waals surface area contributed by atoms with Crippen molar-refractivity contribution in [3.8, 4) is 0 Å². The van der Waals surface area contributed by atoms with Crippen molar-refractivity contribution in [2.75, 3.05) is 11.9 Å². The number of rotatable bonds is 7. The molecule has 1 aromatic heterocycles. The third kappa shape index (κ3) is 4.85. The fourth-order valence-electron chi connectivity index (χ4n) is 3.27. The molecule has 0 saturated carbocycles. The van der Waals surface area contributed by atoms with Gasteiger partial charge in [-0.2, -0.15) is 0 Å².